The molecular formula is C28H31ClF2N4O4. The van der Waals surface area contributed by atoms with Crippen LogP contribution in [0.5, 0.6) is 0 Å². The smallest absolute Gasteiger partial charge is 0.322 e. The highest BCUT2D eigenvalue weighted by Gasteiger charge is 2.23. The maximum Gasteiger partial charge on any atom is 0.322 e. The predicted octanol–water partition coefficient (Wildman–Crippen LogP) is 5.00. The van der Waals surface area contributed by atoms with Gasteiger partial charge in [0.1, 0.15) is 23.9 Å². The summed E-state index contributed by atoms with van der Waals surface area (Å²) < 4.78 is 37.9. The summed E-state index contributed by atoms with van der Waals surface area (Å²) in [5, 5.41) is 2.60. The number of halogens is 3. The van der Waals surface area contributed by atoms with Gasteiger partial charge < -0.3 is 24.3 Å². The van der Waals surface area contributed by atoms with Crippen LogP contribution in [0, 0.1) is 11.6 Å². The van der Waals surface area contributed by atoms with Gasteiger partial charge in [0, 0.05) is 38.4 Å². The van der Waals surface area contributed by atoms with Gasteiger partial charge >= 0.3 is 6.03 Å². The average Bonchev–Trinajstić information content (AvgIpc) is 3.45. The number of ether oxygens (including phenoxy) is 1. The molecule has 1 aliphatic heterocycles. The van der Waals surface area contributed by atoms with Crippen molar-refractivity contribution in [3.63, 3.8) is 0 Å². The Morgan fingerprint density at radius 2 is 1.77 bits per heavy atom. The Morgan fingerprint density at radius 3 is 2.46 bits per heavy atom. The number of hydrogen-bond donors (Lipinski definition) is 1. The summed E-state index contributed by atoms with van der Waals surface area (Å²) in [5.41, 5.74) is 1.05. The highest BCUT2D eigenvalue weighted by molar-refractivity contribution is 6.31. The molecule has 4 rings (SSSR count). The normalized spacial score (nSPS) is 13.7. The molecule has 0 radical (unpaired) electrons. The van der Waals surface area contributed by atoms with Crippen LogP contribution in [0.25, 0.3) is 0 Å². The van der Waals surface area contributed by atoms with Crippen molar-refractivity contribution in [2.24, 2.45) is 0 Å². The molecule has 0 spiro atoms. The van der Waals surface area contributed by atoms with E-state index in [1.807, 2.05) is 0 Å². The van der Waals surface area contributed by atoms with Crippen molar-refractivity contribution < 1.29 is 27.5 Å². The SMILES string of the molecule is O=C(CN(CCCN1CCOCC1)C(=O)Nc1ccc(F)c(Cl)c1)N(Cc1ccc(F)cc1)Cc1ccco1. The van der Waals surface area contributed by atoms with Gasteiger partial charge in [0.15, 0.2) is 0 Å². The van der Waals surface area contributed by atoms with Crippen molar-refractivity contribution in [3.8, 4) is 0 Å². The molecule has 1 N–H and O–H groups in total. The molecule has 0 unspecified atom stereocenters. The van der Waals surface area contributed by atoms with Gasteiger partial charge in [-0.1, -0.05) is 23.7 Å². The monoisotopic (exact) mass is 560 g/mol. The first-order valence-electron chi connectivity index (χ1n) is 12.7. The summed E-state index contributed by atoms with van der Waals surface area (Å²) in [7, 11) is 0. The number of anilines is 1. The van der Waals surface area contributed by atoms with Crippen LogP contribution in [0.15, 0.2) is 65.3 Å². The molecular weight excluding hydrogens is 530 g/mol. The molecule has 0 bridgehead atoms. The van der Waals surface area contributed by atoms with Crippen LogP contribution < -0.4 is 5.32 Å². The van der Waals surface area contributed by atoms with Crippen LogP contribution in [0.2, 0.25) is 5.02 Å². The van der Waals surface area contributed by atoms with Crippen molar-refractivity contribution in [2.75, 3.05) is 51.3 Å². The average molecular weight is 561 g/mol. The van der Waals surface area contributed by atoms with Crippen molar-refractivity contribution in [3.05, 3.63) is 88.8 Å². The summed E-state index contributed by atoms with van der Waals surface area (Å²) in [5.74, 6) is -0.697. The van der Waals surface area contributed by atoms with Gasteiger partial charge in [-0.2, -0.15) is 0 Å². The summed E-state index contributed by atoms with van der Waals surface area (Å²) >= 11 is 5.88. The molecule has 208 valence electrons. The fraction of sp³-hybridized carbons (Fsp3) is 0.357. The third kappa shape index (κ3) is 8.77. The summed E-state index contributed by atoms with van der Waals surface area (Å²) in [4.78, 5) is 32.1. The van der Waals surface area contributed by atoms with Crippen molar-refractivity contribution >= 4 is 29.2 Å². The number of rotatable bonds is 11. The van der Waals surface area contributed by atoms with E-state index in [-0.39, 0.29) is 36.4 Å². The van der Waals surface area contributed by atoms with E-state index in [1.165, 1.54) is 41.5 Å². The van der Waals surface area contributed by atoms with E-state index in [2.05, 4.69) is 10.2 Å². The van der Waals surface area contributed by atoms with Crippen LogP contribution in [0.4, 0.5) is 19.3 Å². The lowest BCUT2D eigenvalue weighted by Crippen LogP contribution is -2.45. The molecule has 8 nitrogen and oxygen atoms in total. The molecule has 39 heavy (non-hydrogen) atoms. The molecule has 2 aromatic carbocycles. The first-order valence-corrected chi connectivity index (χ1v) is 13.1. The molecule has 0 saturated carbocycles. The third-order valence-electron chi connectivity index (χ3n) is 6.36. The summed E-state index contributed by atoms with van der Waals surface area (Å²) in [6.45, 7) is 4.20. The molecule has 3 amide bonds. The molecule has 1 aliphatic rings. The van der Waals surface area contributed by atoms with Crippen molar-refractivity contribution in [1.29, 1.82) is 0 Å². The second-order valence-electron chi connectivity index (χ2n) is 9.24. The van der Waals surface area contributed by atoms with Crippen LogP contribution in [-0.4, -0.2) is 72.6 Å². The maximum atomic E-state index is 13.6. The van der Waals surface area contributed by atoms with Crippen molar-refractivity contribution in [1.82, 2.24) is 14.7 Å². The van der Waals surface area contributed by atoms with E-state index in [0.29, 0.717) is 37.6 Å². The maximum absolute atomic E-state index is 13.6. The van der Waals surface area contributed by atoms with E-state index < -0.39 is 11.8 Å². The zero-order valence-corrected chi connectivity index (χ0v) is 22.2. The second kappa shape index (κ2) is 14.1. The molecule has 0 aliphatic carbocycles. The highest BCUT2D eigenvalue weighted by Crippen LogP contribution is 2.20. The number of furan rings is 1. The van der Waals surface area contributed by atoms with Gasteiger partial charge in [0.05, 0.1) is 31.0 Å². The largest absolute Gasteiger partial charge is 0.467 e. The fourth-order valence-electron chi connectivity index (χ4n) is 4.24. The highest BCUT2D eigenvalue weighted by atomic mass is 35.5. The number of nitrogens with one attached hydrogen (secondary N) is 1. The van der Waals surface area contributed by atoms with E-state index in [0.717, 1.165) is 25.2 Å². The molecule has 2 heterocycles. The Balaban J connectivity index is 1.47. The minimum absolute atomic E-state index is 0.119. The number of benzene rings is 2. The van der Waals surface area contributed by atoms with E-state index in [4.69, 9.17) is 20.8 Å². The molecule has 3 aromatic rings. The number of carbonyl (C=O) groups is 2. The van der Waals surface area contributed by atoms with E-state index in [1.54, 1.807) is 29.2 Å². The lowest BCUT2D eigenvalue weighted by Gasteiger charge is -2.30. The number of carbonyl (C=O) groups excluding carboxylic acids is 2. The first-order chi connectivity index (χ1) is 18.9. The first kappa shape index (κ1) is 28.5. The molecule has 1 saturated heterocycles. The van der Waals surface area contributed by atoms with Crippen molar-refractivity contribution in [2.45, 2.75) is 19.5 Å². The predicted molar refractivity (Wildman–Crippen MR) is 143 cm³/mol. The number of urea groups is 1. The molecule has 1 aromatic heterocycles. The fourth-order valence-corrected chi connectivity index (χ4v) is 4.42. The van der Waals surface area contributed by atoms with E-state index in [9.17, 15) is 18.4 Å². The van der Waals surface area contributed by atoms with Gasteiger partial charge in [0.2, 0.25) is 5.91 Å². The van der Waals surface area contributed by atoms with Gasteiger partial charge in [-0.3, -0.25) is 9.69 Å². The van der Waals surface area contributed by atoms with Gasteiger partial charge in [-0.05, 0) is 54.4 Å². The minimum Gasteiger partial charge on any atom is -0.467 e. The second-order valence-corrected chi connectivity index (χ2v) is 9.65. The van der Waals surface area contributed by atoms with Gasteiger partial charge in [0.25, 0.3) is 0 Å². The number of amides is 3. The van der Waals surface area contributed by atoms with Gasteiger partial charge in [-0.15, -0.1) is 0 Å². The van der Waals surface area contributed by atoms with Crippen LogP contribution in [0.1, 0.15) is 17.7 Å². The number of hydrogen-bond acceptors (Lipinski definition) is 5. The summed E-state index contributed by atoms with van der Waals surface area (Å²) in [6, 6.07) is 12.8. The Labute approximate surface area is 231 Å². The zero-order valence-electron chi connectivity index (χ0n) is 21.5. The quantitative estimate of drug-likeness (QED) is 0.357. The molecule has 11 heteroatoms. The standard InChI is InChI=1S/C28H31ClF2N4O4/c29-25-17-23(8-9-26(25)31)32-28(37)34(11-2-10-33-12-15-38-16-13-33)20-27(36)35(19-24-3-1-14-39-24)18-21-4-6-22(30)7-5-21/h1,3-9,14,17H,2,10-13,15-16,18-20H2,(H,32,37). The number of morpholine rings is 1. The molecule has 0 atom stereocenters. The topological polar surface area (TPSA) is 78.3 Å². The Bertz CT molecular complexity index is 1220. The Kier molecular flexibility index (Phi) is 10.3. The van der Waals surface area contributed by atoms with Crippen LogP contribution in [-0.2, 0) is 22.6 Å². The van der Waals surface area contributed by atoms with Crippen LogP contribution in [0.3, 0.4) is 0 Å². The van der Waals surface area contributed by atoms with Crippen LogP contribution >= 0.6 is 11.6 Å². The Morgan fingerprint density at radius 1 is 1.00 bits per heavy atom. The third-order valence-corrected chi connectivity index (χ3v) is 6.65. The minimum atomic E-state index is -0.596. The zero-order chi connectivity index (χ0) is 27.6. The Hall–Kier alpha value is -3.47. The van der Waals surface area contributed by atoms with Gasteiger partial charge in [-0.25, -0.2) is 13.6 Å². The molecule has 1 fully saturated rings. The van der Waals surface area contributed by atoms with E-state index >= 15 is 0 Å². The summed E-state index contributed by atoms with van der Waals surface area (Å²) in [6.07, 6.45) is 2.16. The number of nitrogens with zero attached hydrogens (tertiary/aromatic N) is 3. The lowest BCUT2D eigenvalue weighted by atomic mass is 10.2. The lowest BCUT2D eigenvalue weighted by molar-refractivity contribution is -0.133.